The van der Waals surface area contributed by atoms with Gasteiger partial charge < -0.3 is 9.47 Å². The fraction of sp³-hybridized carbons (Fsp3) is 0.125. The van der Waals surface area contributed by atoms with Crippen LogP contribution in [0.5, 0.6) is 11.5 Å². The molecule has 3 aromatic carbocycles. The first kappa shape index (κ1) is 22.3. The monoisotopic (exact) mass is 526 g/mol. The van der Waals surface area contributed by atoms with E-state index in [1.54, 1.807) is 31.4 Å². The first-order valence-electron chi connectivity index (χ1n) is 9.33. The van der Waals surface area contributed by atoms with Crippen molar-refractivity contribution in [2.24, 2.45) is 0 Å². The number of allylic oxidation sites excluding steroid dienone is 1. The lowest BCUT2D eigenvalue weighted by atomic mass is 10.0. The quantitative estimate of drug-likeness (QED) is 0.121. The average molecular weight is 526 g/mol. The smallest absolute Gasteiger partial charge is 0.269 e. The van der Waals surface area contributed by atoms with Gasteiger partial charge in [0.1, 0.15) is 6.61 Å². The van der Waals surface area contributed by atoms with Gasteiger partial charge in [-0.05, 0) is 64.4 Å². The van der Waals surface area contributed by atoms with Crippen LogP contribution in [0.15, 0.2) is 60.7 Å². The van der Waals surface area contributed by atoms with Crippen LogP contribution < -0.4 is 9.47 Å². The largest absolute Gasteiger partial charge is 0.493 e. The Hall–Kier alpha value is -3.38. The third-order valence-corrected chi connectivity index (χ3v) is 5.35. The molecule has 31 heavy (non-hydrogen) atoms. The molecule has 0 aliphatic carbocycles. The van der Waals surface area contributed by atoms with Crippen LogP contribution in [0.2, 0.25) is 0 Å². The molecule has 0 bridgehead atoms. The van der Waals surface area contributed by atoms with Crippen LogP contribution in [0, 0.1) is 31.9 Å². The number of nitriles is 1. The van der Waals surface area contributed by atoms with Crippen molar-refractivity contribution in [1.82, 2.24) is 0 Å². The molecule has 0 radical (unpaired) electrons. The number of nitro benzene ring substituents is 1. The minimum atomic E-state index is -0.435. The maximum absolute atomic E-state index is 11.0. The van der Waals surface area contributed by atoms with Crippen LogP contribution in [0.4, 0.5) is 5.69 Å². The van der Waals surface area contributed by atoms with E-state index < -0.39 is 4.92 Å². The zero-order valence-electron chi connectivity index (χ0n) is 17.0. The maximum Gasteiger partial charge on any atom is 0.269 e. The van der Waals surface area contributed by atoms with Crippen LogP contribution in [0.25, 0.3) is 11.6 Å². The Morgan fingerprint density at radius 1 is 1.19 bits per heavy atom. The van der Waals surface area contributed by atoms with Gasteiger partial charge >= 0.3 is 0 Å². The standard InChI is InChI=1S/C24H19IN2O4/c1-16-6-8-19(9-7-16)20(14-26)10-18-12-22(25)24(23(13-18)30-2)31-15-17-4-3-5-21(11-17)27(28)29/h3-13H,15H2,1-2H3/b20-10-. The molecule has 0 amide bonds. The summed E-state index contributed by atoms with van der Waals surface area (Å²) in [4.78, 5) is 10.5. The van der Waals surface area contributed by atoms with Crippen molar-refractivity contribution in [3.05, 3.63) is 96.6 Å². The molecular formula is C24H19IN2O4. The Kier molecular flexibility index (Phi) is 7.26. The molecule has 0 heterocycles. The summed E-state index contributed by atoms with van der Waals surface area (Å²) >= 11 is 2.15. The number of halogens is 1. The van der Waals surface area contributed by atoms with Gasteiger partial charge in [0.25, 0.3) is 5.69 Å². The first-order valence-corrected chi connectivity index (χ1v) is 10.4. The number of nitro groups is 1. The summed E-state index contributed by atoms with van der Waals surface area (Å²) in [5.41, 5.74) is 4.02. The Morgan fingerprint density at radius 3 is 2.58 bits per heavy atom. The van der Waals surface area contributed by atoms with Gasteiger partial charge in [0.2, 0.25) is 0 Å². The van der Waals surface area contributed by atoms with E-state index in [9.17, 15) is 15.4 Å². The summed E-state index contributed by atoms with van der Waals surface area (Å²) in [6.07, 6.45) is 1.81. The minimum Gasteiger partial charge on any atom is -0.493 e. The molecule has 0 fully saturated rings. The van der Waals surface area contributed by atoms with E-state index in [2.05, 4.69) is 28.7 Å². The second-order valence-electron chi connectivity index (χ2n) is 6.79. The van der Waals surface area contributed by atoms with Crippen LogP contribution in [-0.4, -0.2) is 12.0 Å². The molecular weight excluding hydrogens is 507 g/mol. The lowest BCUT2D eigenvalue weighted by Gasteiger charge is -2.14. The van der Waals surface area contributed by atoms with Crippen molar-refractivity contribution in [3.63, 3.8) is 0 Å². The lowest BCUT2D eigenvalue weighted by Crippen LogP contribution is -2.01. The van der Waals surface area contributed by atoms with Gasteiger partial charge in [-0.15, -0.1) is 0 Å². The molecule has 0 spiro atoms. The molecule has 156 valence electrons. The maximum atomic E-state index is 11.0. The fourth-order valence-corrected chi connectivity index (χ4v) is 3.74. The zero-order valence-corrected chi connectivity index (χ0v) is 19.1. The van der Waals surface area contributed by atoms with E-state index in [4.69, 9.17) is 9.47 Å². The highest BCUT2D eigenvalue weighted by Gasteiger charge is 2.13. The molecule has 0 aromatic heterocycles. The van der Waals surface area contributed by atoms with E-state index in [0.717, 1.165) is 20.3 Å². The lowest BCUT2D eigenvalue weighted by molar-refractivity contribution is -0.384. The number of benzene rings is 3. The molecule has 0 unspecified atom stereocenters. The number of non-ortho nitro benzene ring substituents is 1. The van der Waals surface area contributed by atoms with Gasteiger partial charge in [0.05, 0.1) is 27.2 Å². The predicted octanol–water partition coefficient (Wildman–Crippen LogP) is 6.16. The molecule has 0 atom stereocenters. The van der Waals surface area contributed by atoms with Gasteiger partial charge in [-0.2, -0.15) is 5.26 Å². The highest BCUT2D eigenvalue weighted by molar-refractivity contribution is 14.1. The number of aryl methyl sites for hydroxylation is 1. The van der Waals surface area contributed by atoms with Crippen LogP contribution in [0.1, 0.15) is 22.3 Å². The number of rotatable bonds is 7. The molecule has 7 heteroatoms. The fourth-order valence-electron chi connectivity index (χ4n) is 2.96. The predicted molar refractivity (Wildman–Crippen MR) is 128 cm³/mol. The highest BCUT2D eigenvalue weighted by atomic mass is 127. The van der Waals surface area contributed by atoms with Crippen molar-refractivity contribution in [2.75, 3.05) is 7.11 Å². The minimum absolute atomic E-state index is 0.0170. The van der Waals surface area contributed by atoms with E-state index in [1.807, 2.05) is 37.3 Å². The van der Waals surface area contributed by atoms with Gasteiger partial charge in [0.15, 0.2) is 11.5 Å². The second kappa shape index (κ2) is 10.1. The number of methoxy groups -OCH3 is 1. The van der Waals surface area contributed by atoms with E-state index in [-0.39, 0.29) is 12.3 Å². The summed E-state index contributed by atoms with van der Waals surface area (Å²) < 4.78 is 12.2. The molecule has 6 nitrogen and oxygen atoms in total. The normalized spacial score (nSPS) is 11.0. The number of nitrogens with zero attached hydrogens (tertiary/aromatic N) is 2. The third-order valence-electron chi connectivity index (χ3n) is 4.55. The van der Waals surface area contributed by atoms with E-state index in [1.165, 1.54) is 12.1 Å². The van der Waals surface area contributed by atoms with Crippen molar-refractivity contribution >= 4 is 39.9 Å². The van der Waals surface area contributed by atoms with Gasteiger partial charge in [-0.3, -0.25) is 10.1 Å². The summed E-state index contributed by atoms with van der Waals surface area (Å²) in [5, 5.41) is 20.6. The Bertz CT molecular complexity index is 1180. The van der Waals surface area contributed by atoms with Gasteiger partial charge in [-0.1, -0.05) is 42.0 Å². The summed E-state index contributed by atoms with van der Waals surface area (Å²) in [5.74, 6) is 1.06. The number of hydrogen-bond donors (Lipinski definition) is 0. The Morgan fingerprint density at radius 2 is 1.94 bits per heavy atom. The number of ether oxygens (including phenoxy) is 2. The number of hydrogen-bond acceptors (Lipinski definition) is 5. The SMILES string of the molecule is COc1cc(/C=C(/C#N)c2ccc(C)cc2)cc(I)c1OCc1cccc([N+](=O)[O-])c1. The van der Waals surface area contributed by atoms with Crippen molar-refractivity contribution in [2.45, 2.75) is 13.5 Å². The molecule has 0 saturated carbocycles. The summed E-state index contributed by atoms with van der Waals surface area (Å²) in [6.45, 7) is 2.16. The first-order chi connectivity index (χ1) is 14.9. The van der Waals surface area contributed by atoms with Gasteiger partial charge in [-0.25, -0.2) is 0 Å². The van der Waals surface area contributed by atoms with Crippen LogP contribution in [0.3, 0.4) is 0 Å². The van der Waals surface area contributed by atoms with Crippen molar-refractivity contribution in [1.29, 1.82) is 5.26 Å². The van der Waals surface area contributed by atoms with E-state index in [0.29, 0.717) is 22.6 Å². The summed E-state index contributed by atoms with van der Waals surface area (Å²) in [6, 6.07) is 20.0. The van der Waals surface area contributed by atoms with Crippen molar-refractivity contribution in [3.8, 4) is 17.6 Å². The summed E-state index contributed by atoms with van der Waals surface area (Å²) in [7, 11) is 1.55. The second-order valence-corrected chi connectivity index (χ2v) is 7.95. The van der Waals surface area contributed by atoms with Crippen LogP contribution >= 0.6 is 22.6 Å². The molecule has 0 aliphatic rings. The molecule has 0 saturated heterocycles. The van der Waals surface area contributed by atoms with Crippen LogP contribution in [-0.2, 0) is 6.61 Å². The highest BCUT2D eigenvalue weighted by Crippen LogP contribution is 2.36. The third kappa shape index (κ3) is 5.61. The topological polar surface area (TPSA) is 85.4 Å². The Balaban J connectivity index is 1.88. The molecule has 3 rings (SSSR count). The average Bonchev–Trinajstić information content (AvgIpc) is 2.77. The Labute approximate surface area is 194 Å². The molecule has 0 aliphatic heterocycles. The van der Waals surface area contributed by atoms with E-state index >= 15 is 0 Å². The molecule has 0 N–H and O–H groups in total. The van der Waals surface area contributed by atoms with Crippen molar-refractivity contribution < 1.29 is 14.4 Å². The van der Waals surface area contributed by atoms with Gasteiger partial charge in [0, 0.05) is 12.1 Å². The molecule has 3 aromatic rings. The zero-order chi connectivity index (χ0) is 22.4.